The quantitative estimate of drug-likeness (QED) is 0.433. The molecule has 6 nitrogen and oxygen atoms in total. The van der Waals surface area contributed by atoms with Crippen molar-refractivity contribution < 1.29 is 14.7 Å². The van der Waals surface area contributed by atoms with Gasteiger partial charge in [0.2, 0.25) is 11.8 Å². The van der Waals surface area contributed by atoms with E-state index < -0.39 is 18.1 Å². The third-order valence-corrected chi connectivity index (χ3v) is 1.86. The minimum Gasteiger partial charge on any atom is -0.392 e. The first-order valence-electron chi connectivity index (χ1n) is 4.07. The third-order valence-electron chi connectivity index (χ3n) is 1.86. The van der Waals surface area contributed by atoms with Crippen LogP contribution in [0.5, 0.6) is 0 Å². The van der Waals surface area contributed by atoms with E-state index in [1.807, 2.05) is 0 Å². The Hall–Kier alpha value is -0.850. The van der Waals surface area contributed by atoms with Gasteiger partial charge in [0.15, 0.2) is 0 Å². The number of amides is 2. The number of aliphatic hydroxyl groups excluding tert-OH is 1. The maximum Gasteiger partial charge on any atom is 0.237 e. The molecule has 82 valence electrons. The average Bonchev–Trinajstić information content (AvgIpc) is 2.47. The van der Waals surface area contributed by atoms with Crippen LogP contribution in [0.3, 0.4) is 0 Å². The van der Waals surface area contributed by atoms with Crippen molar-refractivity contribution in [3.05, 3.63) is 0 Å². The molecule has 1 aliphatic rings. The molecule has 2 amide bonds. The van der Waals surface area contributed by atoms with Gasteiger partial charge in [0.05, 0.1) is 18.7 Å². The lowest BCUT2D eigenvalue weighted by Crippen LogP contribution is -2.43. The summed E-state index contributed by atoms with van der Waals surface area (Å²) in [4.78, 5) is 21.5. The van der Waals surface area contributed by atoms with Crippen molar-refractivity contribution >= 4 is 24.2 Å². The molecule has 0 aromatic carbocycles. The maximum atomic E-state index is 11.2. The van der Waals surface area contributed by atoms with Crippen LogP contribution in [0.1, 0.15) is 6.42 Å². The summed E-state index contributed by atoms with van der Waals surface area (Å²) in [5.41, 5.74) is 4.84. The number of hydrogen-bond acceptors (Lipinski definition) is 4. The van der Waals surface area contributed by atoms with E-state index in [0.717, 1.165) is 0 Å². The van der Waals surface area contributed by atoms with Gasteiger partial charge in [-0.25, -0.2) is 0 Å². The van der Waals surface area contributed by atoms with Gasteiger partial charge in [-0.2, -0.15) is 0 Å². The first-order valence-corrected chi connectivity index (χ1v) is 4.07. The molecule has 5 N–H and O–H groups in total. The fraction of sp³-hybridized carbons (Fsp3) is 0.714. The molecule has 0 spiro atoms. The number of carbonyl (C=O) groups excluding carboxylic acids is 2. The van der Waals surface area contributed by atoms with E-state index in [2.05, 4.69) is 10.6 Å². The zero-order valence-electron chi connectivity index (χ0n) is 7.53. The van der Waals surface area contributed by atoms with E-state index in [1.54, 1.807) is 0 Å². The minimum atomic E-state index is -0.577. The van der Waals surface area contributed by atoms with Gasteiger partial charge >= 0.3 is 0 Å². The Morgan fingerprint density at radius 1 is 1.57 bits per heavy atom. The van der Waals surface area contributed by atoms with Crippen molar-refractivity contribution in [2.75, 3.05) is 13.1 Å². The zero-order chi connectivity index (χ0) is 9.84. The second-order valence-electron chi connectivity index (χ2n) is 3.03. The summed E-state index contributed by atoms with van der Waals surface area (Å²) in [6.45, 7) is 0.252. The molecule has 0 aromatic rings. The van der Waals surface area contributed by atoms with Crippen LogP contribution in [-0.2, 0) is 9.59 Å². The summed E-state index contributed by atoms with van der Waals surface area (Å²) < 4.78 is 0. The van der Waals surface area contributed by atoms with Crippen molar-refractivity contribution in [1.82, 2.24) is 10.6 Å². The predicted molar refractivity (Wildman–Crippen MR) is 51.9 cm³/mol. The highest BCUT2D eigenvalue weighted by molar-refractivity contribution is 5.87. The van der Waals surface area contributed by atoms with Gasteiger partial charge in [-0.3, -0.25) is 9.59 Å². The van der Waals surface area contributed by atoms with Crippen LogP contribution in [-0.4, -0.2) is 42.2 Å². The standard InChI is InChI=1S/C7H13N3O3.ClH/c8-6(12)3-10-7(13)5-1-4(11)2-9-5;/h4-5,9,11H,1-3H2,(H2,8,12)(H,10,13);1H/t4-,5+;/m0./s1. The average molecular weight is 224 g/mol. The molecule has 1 heterocycles. The Kier molecular flexibility index (Phi) is 5.44. The Morgan fingerprint density at radius 2 is 2.21 bits per heavy atom. The van der Waals surface area contributed by atoms with Crippen molar-refractivity contribution in [3.63, 3.8) is 0 Å². The Labute approximate surface area is 87.6 Å². The van der Waals surface area contributed by atoms with E-state index >= 15 is 0 Å². The first kappa shape index (κ1) is 13.2. The monoisotopic (exact) mass is 223 g/mol. The zero-order valence-corrected chi connectivity index (χ0v) is 8.34. The molecule has 0 aromatic heterocycles. The van der Waals surface area contributed by atoms with Crippen LogP contribution < -0.4 is 16.4 Å². The van der Waals surface area contributed by atoms with E-state index in [1.165, 1.54) is 0 Å². The molecule has 0 aliphatic carbocycles. The molecule has 1 fully saturated rings. The Balaban J connectivity index is 0.00000169. The van der Waals surface area contributed by atoms with Crippen molar-refractivity contribution in [3.8, 4) is 0 Å². The highest BCUT2D eigenvalue weighted by atomic mass is 35.5. The van der Waals surface area contributed by atoms with E-state index in [4.69, 9.17) is 10.8 Å². The van der Waals surface area contributed by atoms with Crippen molar-refractivity contribution in [2.45, 2.75) is 18.6 Å². The molecule has 14 heavy (non-hydrogen) atoms. The summed E-state index contributed by atoms with van der Waals surface area (Å²) in [7, 11) is 0. The van der Waals surface area contributed by atoms with Gasteiger partial charge in [-0.05, 0) is 6.42 Å². The number of nitrogens with two attached hydrogens (primary N) is 1. The fourth-order valence-electron chi connectivity index (χ4n) is 1.21. The van der Waals surface area contributed by atoms with Gasteiger partial charge < -0.3 is 21.5 Å². The Morgan fingerprint density at radius 3 is 2.64 bits per heavy atom. The number of aliphatic hydroxyl groups is 1. The molecule has 0 unspecified atom stereocenters. The molecule has 1 saturated heterocycles. The fourth-order valence-corrected chi connectivity index (χ4v) is 1.21. The summed E-state index contributed by atoms with van der Waals surface area (Å²) in [5, 5.41) is 14.3. The van der Waals surface area contributed by atoms with Crippen LogP contribution >= 0.6 is 12.4 Å². The van der Waals surface area contributed by atoms with Crippen LogP contribution in [0, 0.1) is 0 Å². The summed E-state index contributed by atoms with van der Waals surface area (Å²) in [6.07, 6.45) is -0.103. The van der Waals surface area contributed by atoms with Gasteiger partial charge in [0.1, 0.15) is 0 Å². The Bertz CT molecular complexity index is 224. The number of carbonyl (C=O) groups is 2. The van der Waals surface area contributed by atoms with E-state index in [0.29, 0.717) is 13.0 Å². The molecule has 1 rings (SSSR count). The SMILES string of the molecule is Cl.NC(=O)CNC(=O)[C@H]1C[C@H](O)CN1. The van der Waals surface area contributed by atoms with Crippen molar-refractivity contribution in [2.24, 2.45) is 5.73 Å². The molecular weight excluding hydrogens is 210 g/mol. The second kappa shape index (κ2) is 5.79. The third kappa shape index (κ3) is 3.91. The van der Waals surface area contributed by atoms with Crippen LogP contribution in [0.15, 0.2) is 0 Å². The number of hydrogen-bond donors (Lipinski definition) is 4. The highest BCUT2D eigenvalue weighted by Gasteiger charge is 2.27. The van der Waals surface area contributed by atoms with Crippen molar-refractivity contribution in [1.29, 1.82) is 0 Å². The number of halogens is 1. The molecule has 0 saturated carbocycles. The number of nitrogens with one attached hydrogen (secondary N) is 2. The smallest absolute Gasteiger partial charge is 0.237 e. The van der Waals surface area contributed by atoms with Gasteiger partial charge in [0, 0.05) is 6.54 Å². The van der Waals surface area contributed by atoms with E-state index in [9.17, 15) is 9.59 Å². The summed E-state index contributed by atoms with van der Waals surface area (Å²) in [6, 6.07) is -0.408. The molecule has 0 bridgehead atoms. The topological polar surface area (TPSA) is 104 Å². The first-order chi connectivity index (χ1) is 6.09. The van der Waals surface area contributed by atoms with Gasteiger partial charge in [0.25, 0.3) is 0 Å². The lowest BCUT2D eigenvalue weighted by Gasteiger charge is -2.08. The largest absolute Gasteiger partial charge is 0.392 e. The summed E-state index contributed by atoms with van der Waals surface area (Å²) >= 11 is 0. The number of β-amino-alcohol motifs (C(OH)–C–C–N with tert-alkyl or cyclic N) is 1. The predicted octanol–water partition coefficient (Wildman–Crippen LogP) is -2.27. The summed E-state index contributed by atoms with van der Waals surface area (Å²) in [5.74, 6) is -0.873. The highest BCUT2D eigenvalue weighted by Crippen LogP contribution is 2.05. The van der Waals surface area contributed by atoms with Gasteiger partial charge in [-0.1, -0.05) is 0 Å². The second-order valence-corrected chi connectivity index (χ2v) is 3.03. The number of primary amides is 1. The van der Waals surface area contributed by atoms with Gasteiger partial charge in [-0.15, -0.1) is 12.4 Å². The molecule has 7 heteroatoms. The molecule has 2 atom stereocenters. The minimum absolute atomic E-state index is 0. The van der Waals surface area contributed by atoms with E-state index in [-0.39, 0.29) is 24.9 Å². The van der Waals surface area contributed by atoms with Crippen LogP contribution in [0.4, 0.5) is 0 Å². The molecule has 1 aliphatic heterocycles. The molecular formula is C7H14ClN3O3. The van der Waals surface area contributed by atoms with Crippen LogP contribution in [0.2, 0.25) is 0 Å². The normalized spacial score (nSPS) is 25.2. The lowest BCUT2D eigenvalue weighted by atomic mass is 10.2. The number of rotatable bonds is 3. The van der Waals surface area contributed by atoms with Crippen LogP contribution in [0.25, 0.3) is 0 Å². The maximum absolute atomic E-state index is 11.2. The lowest BCUT2D eigenvalue weighted by molar-refractivity contribution is -0.126. The molecule has 0 radical (unpaired) electrons.